The molecule has 2 aromatic rings. The van der Waals surface area contributed by atoms with Crippen molar-refractivity contribution in [1.29, 1.82) is 0 Å². The van der Waals surface area contributed by atoms with Gasteiger partial charge in [-0.2, -0.15) is 13.2 Å². The summed E-state index contributed by atoms with van der Waals surface area (Å²) < 4.78 is 44.6. The summed E-state index contributed by atoms with van der Waals surface area (Å²) >= 11 is 0. The van der Waals surface area contributed by atoms with E-state index in [-0.39, 0.29) is 22.9 Å². The smallest absolute Gasteiger partial charge is 0.416 e. The first kappa shape index (κ1) is 20.7. The molecule has 0 bridgehead atoms. The van der Waals surface area contributed by atoms with E-state index in [4.69, 9.17) is 4.74 Å². The zero-order valence-corrected chi connectivity index (χ0v) is 15.9. The molecule has 1 N–H and O–H groups in total. The summed E-state index contributed by atoms with van der Waals surface area (Å²) in [5.41, 5.74) is 0.0333. The third-order valence-corrected chi connectivity index (χ3v) is 4.53. The lowest BCUT2D eigenvalue weighted by atomic mass is 10.1. The van der Waals surface area contributed by atoms with Crippen molar-refractivity contribution in [3.63, 3.8) is 0 Å². The van der Waals surface area contributed by atoms with Crippen LogP contribution >= 0.6 is 0 Å². The SMILES string of the molecule is CCCOc1ccc(C(F)(F)F)cc1NC(=O)c1ccc(N2CCCC2=O)cc1. The van der Waals surface area contributed by atoms with Gasteiger partial charge >= 0.3 is 6.18 Å². The lowest BCUT2D eigenvalue weighted by molar-refractivity contribution is -0.137. The fourth-order valence-corrected chi connectivity index (χ4v) is 3.05. The van der Waals surface area contributed by atoms with Crippen molar-refractivity contribution in [1.82, 2.24) is 0 Å². The van der Waals surface area contributed by atoms with E-state index in [0.29, 0.717) is 31.7 Å². The van der Waals surface area contributed by atoms with Crippen LogP contribution in [0, 0.1) is 0 Å². The number of hydrogen-bond donors (Lipinski definition) is 1. The second-order valence-electron chi connectivity index (χ2n) is 6.71. The number of nitrogens with one attached hydrogen (secondary N) is 1. The molecule has 0 radical (unpaired) electrons. The van der Waals surface area contributed by atoms with Crippen molar-refractivity contribution < 1.29 is 27.5 Å². The molecular weight excluding hydrogens is 385 g/mol. The zero-order valence-electron chi connectivity index (χ0n) is 15.9. The van der Waals surface area contributed by atoms with Crippen molar-refractivity contribution in [3.8, 4) is 5.75 Å². The topological polar surface area (TPSA) is 58.6 Å². The van der Waals surface area contributed by atoms with Gasteiger partial charge in [0.1, 0.15) is 5.75 Å². The number of carbonyl (C=O) groups excluding carboxylic acids is 2. The number of carbonyl (C=O) groups is 2. The average Bonchev–Trinajstić information content (AvgIpc) is 3.12. The second-order valence-corrected chi connectivity index (χ2v) is 6.71. The van der Waals surface area contributed by atoms with E-state index in [9.17, 15) is 22.8 Å². The van der Waals surface area contributed by atoms with Gasteiger partial charge in [-0.15, -0.1) is 0 Å². The summed E-state index contributed by atoms with van der Waals surface area (Å²) in [6.07, 6.45) is -2.58. The molecular formula is C21H21F3N2O3. The van der Waals surface area contributed by atoms with Crippen LogP contribution in [0.15, 0.2) is 42.5 Å². The Balaban J connectivity index is 1.80. The Morgan fingerprint density at radius 2 is 1.90 bits per heavy atom. The third kappa shape index (κ3) is 4.88. The number of alkyl halides is 3. The van der Waals surface area contributed by atoms with Crippen LogP contribution in [0.2, 0.25) is 0 Å². The Morgan fingerprint density at radius 3 is 2.48 bits per heavy atom. The largest absolute Gasteiger partial charge is 0.491 e. The number of hydrogen-bond acceptors (Lipinski definition) is 3. The molecule has 0 unspecified atom stereocenters. The second kappa shape index (κ2) is 8.55. The summed E-state index contributed by atoms with van der Waals surface area (Å²) in [5, 5.41) is 2.50. The number of benzene rings is 2. The van der Waals surface area contributed by atoms with Crippen molar-refractivity contribution in [2.24, 2.45) is 0 Å². The number of halogens is 3. The molecule has 29 heavy (non-hydrogen) atoms. The van der Waals surface area contributed by atoms with Crippen molar-refractivity contribution in [2.75, 3.05) is 23.4 Å². The quantitative estimate of drug-likeness (QED) is 0.744. The molecule has 1 heterocycles. The van der Waals surface area contributed by atoms with Gasteiger partial charge in [0.05, 0.1) is 17.9 Å². The normalized spacial score (nSPS) is 14.2. The highest BCUT2D eigenvalue weighted by atomic mass is 19.4. The van der Waals surface area contributed by atoms with Crippen LogP contribution < -0.4 is 15.0 Å². The minimum atomic E-state index is -4.54. The molecule has 8 heteroatoms. The summed E-state index contributed by atoms with van der Waals surface area (Å²) in [6.45, 7) is 2.81. The van der Waals surface area contributed by atoms with Gasteiger partial charge in [0.15, 0.2) is 0 Å². The van der Waals surface area contributed by atoms with Crippen molar-refractivity contribution in [3.05, 3.63) is 53.6 Å². The molecule has 5 nitrogen and oxygen atoms in total. The van der Waals surface area contributed by atoms with Crippen molar-refractivity contribution in [2.45, 2.75) is 32.4 Å². The van der Waals surface area contributed by atoms with Crippen molar-refractivity contribution >= 4 is 23.2 Å². The summed E-state index contributed by atoms with van der Waals surface area (Å²) in [6, 6.07) is 9.36. The molecule has 3 rings (SSSR count). The first-order valence-corrected chi connectivity index (χ1v) is 9.35. The van der Waals surface area contributed by atoms with E-state index >= 15 is 0 Å². The maximum atomic E-state index is 13.1. The van der Waals surface area contributed by atoms with Crippen LogP contribution in [0.1, 0.15) is 42.1 Å². The molecule has 0 spiro atoms. The summed E-state index contributed by atoms with van der Waals surface area (Å²) in [7, 11) is 0. The first-order valence-electron chi connectivity index (χ1n) is 9.35. The number of anilines is 2. The van der Waals surface area contributed by atoms with Gasteiger partial charge in [-0.3, -0.25) is 9.59 Å². The zero-order chi connectivity index (χ0) is 21.0. The maximum Gasteiger partial charge on any atom is 0.416 e. The molecule has 1 aliphatic heterocycles. The third-order valence-electron chi connectivity index (χ3n) is 4.53. The molecule has 154 valence electrons. The summed E-state index contributed by atoms with van der Waals surface area (Å²) in [4.78, 5) is 26.0. The number of rotatable bonds is 6. The molecule has 0 aromatic heterocycles. The Hall–Kier alpha value is -3.03. The van der Waals surface area contributed by atoms with Crippen LogP contribution in [-0.4, -0.2) is 25.0 Å². The van der Waals surface area contributed by atoms with Crippen LogP contribution in [0.4, 0.5) is 24.5 Å². The lowest BCUT2D eigenvalue weighted by Crippen LogP contribution is -2.23. The average molecular weight is 406 g/mol. The van der Waals surface area contributed by atoms with E-state index in [0.717, 1.165) is 18.6 Å². The number of amides is 2. The Morgan fingerprint density at radius 1 is 1.17 bits per heavy atom. The van der Waals surface area contributed by atoms with Crippen LogP contribution in [0.3, 0.4) is 0 Å². The fourth-order valence-electron chi connectivity index (χ4n) is 3.05. The highest BCUT2D eigenvalue weighted by Crippen LogP contribution is 2.35. The molecule has 1 fully saturated rings. The van der Waals surface area contributed by atoms with E-state index in [1.165, 1.54) is 18.2 Å². The summed E-state index contributed by atoms with van der Waals surface area (Å²) in [5.74, 6) is -0.360. The van der Waals surface area contributed by atoms with Crippen LogP contribution in [-0.2, 0) is 11.0 Å². The molecule has 0 saturated carbocycles. The van der Waals surface area contributed by atoms with Crippen LogP contribution in [0.5, 0.6) is 5.75 Å². The Kier molecular flexibility index (Phi) is 6.10. The predicted molar refractivity (Wildman–Crippen MR) is 103 cm³/mol. The highest BCUT2D eigenvalue weighted by Gasteiger charge is 2.31. The molecule has 1 aliphatic rings. The first-order chi connectivity index (χ1) is 13.8. The van der Waals surface area contributed by atoms with Gasteiger partial charge < -0.3 is 15.0 Å². The minimum Gasteiger partial charge on any atom is -0.491 e. The van der Waals surface area contributed by atoms with Gasteiger partial charge in [-0.05, 0) is 55.3 Å². The van der Waals surface area contributed by atoms with Gasteiger partial charge in [0, 0.05) is 24.2 Å². The highest BCUT2D eigenvalue weighted by molar-refractivity contribution is 6.05. The number of ether oxygens (including phenoxy) is 1. The molecule has 1 saturated heterocycles. The van der Waals surface area contributed by atoms with Gasteiger partial charge in [0.2, 0.25) is 5.91 Å². The Labute approximate surface area is 166 Å². The van der Waals surface area contributed by atoms with E-state index in [2.05, 4.69) is 5.32 Å². The fraction of sp³-hybridized carbons (Fsp3) is 0.333. The standard InChI is InChI=1S/C21H21F3N2O3/c1-2-12-29-18-10-7-15(21(22,23)24)13-17(18)25-20(28)14-5-8-16(9-6-14)26-11-3-4-19(26)27/h5-10,13H,2-4,11-12H2,1H3,(H,25,28). The van der Waals surface area contributed by atoms with Crippen LogP contribution in [0.25, 0.3) is 0 Å². The number of nitrogens with zero attached hydrogens (tertiary/aromatic N) is 1. The minimum absolute atomic E-state index is 0.0314. The van der Waals surface area contributed by atoms with Gasteiger partial charge in [-0.25, -0.2) is 0 Å². The molecule has 2 aromatic carbocycles. The van der Waals surface area contributed by atoms with E-state index in [1.807, 2.05) is 6.92 Å². The molecule has 2 amide bonds. The van der Waals surface area contributed by atoms with E-state index in [1.54, 1.807) is 17.0 Å². The monoisotopic (exact) mass is 406 g/mol. The van der Waals surface area contributed by atoms with E-state index < -0.39 is 17.6 Å². The predicted octanol–water partition coefficient (Wildman–Crippen LogP) is 4.87. The van der Waals surface area contributed by atoms with Gasteiger partial charge in [0.25, 0.3) is 5.91 Å². The molecule has 0 aliphatic carbocycles. The lowest BCUT2D eigenvalue weighted by Gasteiger charge is -2.17. The molecule has 0 atom stereocenters. The maximum absolute atomic E-state index is 13.1. The van der Waals surface area contributed by atoms with Gasteiger partial charge in [-0.1, -0.05) is 6.92 Å². The Bertz CT molecular complexity index is 895.